The molecule has 1 aliphatic carbocycles. The Bertz CT molecular complexity index is 776. The molecule has 2 heterocycles. The zero-order chi connectivity index (χ0) is 18.8. The van der Waals surface area contributed by atoms with E-state index in [1.807, 2.05) is 13.0 Å². The first kappa shape index (κ1) is 18.3. The predicted molar refractivity (Wildman–Crippen MR) is 101 cm³/mol. The molecule has 146 valence electrons. The maximum absolute atomic E-state index is 5.56. The van der Waals surface area contributed by atoms with Crippen LogP contribution in [-0.4, -0.2) is 27.9 Å². The number of hydrogen-bond donors (Lipinski definition) is 0. The van der Waals surface area contributed by atoms with Crippen LogP contribution in [0.15, 0.2) is 22.7 Å². The summed E-state index contributed by atoms with van der Waals surface area (Å²) in [6, 6.07) is 6.74. The first-order valence-corrected chi connectivity index (χ1v) is 10.1. The van der Waals surface area contributed by atoms with Crippen molar-refractivity contribution in [2.75, 3.05) is 6.79 Å². The van der Waals surface area contributed by atoms with Crippen LogP contribution >= 0.6 is 0 Å². The van der Waals surface area contributed by atoms with Gasteiger partial charge in [0.25, 0.3) is 0 Å². The molecule has 2 aliphatic rings. The molecule has 6 nitrogen and oxygen atoms in total. The Morgan fingerprint density at radius 1 is 1.11 bits per heavy atom. The van der Waals surface area contributed by atoms with Crippen LogP contribution in [0.3, 0.4) is 0 Å². The summed E-state index contributed by atoms with van der Waals surface area (Å²) in [5.41, 5.74) is 1.22. The van der Waals surface area contributed by atoms with Gasteiger partial charge in [0, 0.05) is 19.0 Å². The van der Waals surface area contributed by atoms with E-state index in [2.05, 4.69) is 41.0 Å². The van der Waals surface area contributed by atoms with Crippen LogP contribution in [0.4, 0.5) is 0 Å². The van der Waals surface area contributed by atoms with E-state index in [-0.39, 0.29) is 0 Å². The van der Waals surface area contributed by atoms with Crippen molar-refractivity contribution in [1.82, 2.24) is 15.0 Å². The van der Waals surface area contributed by atoms with E-state index < -0.39 is 0 Å². The lowest BCUT2D eigenvalue weighted by Crippen LogP contribution is -2.43. The average molecular weight is 371 g/mol. The second-order valence-electron chi connectivity index (χ2n) is 7.89. The van der Waals surface area contributed by atoms with Crippen molar-refractivity contribution in [3.8, 4) is 11.5 Å². The number of hydrogen-bond acceptors (Lipinski definition) is 6. The third kappa shape index (κ3) is 3.95. The zero-order valence-corrected chi connectivity index (χ0v) is 16.5. The Morgan fingerprint density at radius 2 is 1.96 bits per heavy atom. The molecule has 3 atom stereocenters. The standard InChI is InChI=1S/C21H29N3O3/c1-4-20-22-21(27-23-20)12-24(17-7-5-6-14(2)15(17)3)11-16-8-9-18-19(10-16)26-13-25-18/h8-10,14-15,17H,4-7,11-13H2,1-3H3. The Kier molecular flexibility index (Phi) is 5.34. The molecule has 6 heteroatoms. The number of aromatic nitrogens is 2. The fourth-order valence-electron chi connectivity index (χ4n) is 4.31. The van der Waals surface area contributed by atoms with Gasteiger partial charge in [-0.2, -0.15) is 4.98 Å². The molecule has 27 heavy (non-hydrogen) atoms. The molecule has 0 spiro atoms. The van der Waals surface area contributed by atoms with Gasteiger partial charge in [-0.1, -0.05) is 44.8 Å². The largest absolute Gasteiger partial charge is 0.454 e. The van der Waals surface area contributed by atoms with Crippen molar-refractivity contribution in [3.05, 3.63) is 35.5 Å². The normalized spacial score (nSPS) is 24.5. The molecule has 1 aliphatic heterocycles. The summed E-state index contributed by atoms with van der Waals surface area (Å²) in [5.74, 6) is 4.52. The van der Waals surface area contributed by atoms with Gasteiger partial charge in [-0.25, -0.2) is 0 Å². The molecular weight excluding hydrogens is 342 g/mol. The van der Waals surface area contributed by atoms with Gasteiger partial charge in [0.1, 0.15) is 0 Å². The number of fused-ring (bicyclic) bond motifs is 1. The third-order valence-corrected chi connectivity index (χ3v) is 6.12. The topological polar surface area (TPSA) is 60.6 Å². The van der Waals surface area contributed by atoms with Crippen molar-refractivity contribution in [3.63, 3.8) is 0 Å². The van der Waals surface area contributed by atoms with Crippen LogP contribution in [0.2, 0.25) is 0 Å². The molecule has 0 saturated heterocycles. The second-order valence-corrected chi connectivity index (χ2v) is 7.89. The maximum Gasteiger partial charge on any atom is 0.240 e. The summed E-state index contributed by atoms with van der Waals surface area (Å²) in [4.78, 5) is 7.05. The minimum atomic E-state index is 0.307. The highest BCUT2D eigenvalue weighted by molar-refractivity contribution is 5.44. The van der Waals surface area contributed by atoms with Gasteiger partial charge in [0.15, 0.2) is 17.3 Å². The van der Waals surface area contributed by atoms with Gasteiger partial charge < -0.3 is 14.0 Å². The van der Waals surface area contributed by atoms with Gasteiger partial charge in [0.05, 0.1) is 6.54 Å². The third-order valence-electron chi connectivity index (χ3n) is 6.12. The van der Waals surface area contributed by atoms with E-state index in [1.54, 1.807) is 0 Å². The number of ether oxygens (including phenoxy) is 2. The fraction of sp³-hybridized carbons (Fsp3) is 0.619. The van der Waals surface area contributed by atoms with E-state index in [0.717, 1.165) is 36.2 Å². The van der Waals surface area contributed by atoms with Crippen molar-refractivity contribution in [2.24, 2.45) is 11.8 Å². The number of rotatable bonds is 6. The predicted octanol–water partition coefficient (Wildman–Crippen LogP) is 4.19. The summed E-state index contributed by atoms with van der Waals surface area (Å²) in [7, 11) is 0. The van der Waals surface area contributed by atoms with E-state index in [4.69, 9.17) is 14.0 Å². The highest BCUT2D eigenvalue weighted by atomic mass is 16.7. The molecule has 4 rings (SSSR count). The molecule has 0 amide bonds. The van der Waals surface area contributed by atoms with Crippen LogP contribution in [0.25, 0.3) is 0 Å². The van der Waals surface area contributed by atoms with E-state index in [0.29, 0.717) is 31.2 Å². The van der Waals surface area contributed by atoms with Crippen LogP contribution in [0, 0.1) is 11.8 Å². The van der Waals surface area contributed by atoms with E-state index >= 15 is 0 Å². The molecule has 1 saturated carbocycles. The first-order chi connectivity index (χ1) is 13.1. The Labute approximate surface area is 160 Å². The van der Waals surface area contributed by atoms with E-state index in [9.17, 15) is 0 Å². The molecule has 0 radical (unpaired) electrons. The smallest absolute Gasteiger partial charge is 0.240 e. The maximum atomic E-state index is 5.56. The Hall–Kier alpha value is -2.08. The van der Waals surface area contributed by atoms with Gasteiger partial charge in [0.2, 0.25) is 12.7 Å². The van der Waals surface area contributed by atoms with Crippen LogP contribution < -0.4 is 9.47 Å². The van der Waals surface area contributed by atoms with E-state index in [1.165, 1.54) is 24.8 Å². The van der Waals surface area contributed by atoms with Gasteiger partial charge in [-0.05, 0) is 36.0 Å². The Morgan fingerprint density at radius 3 is 2.78 bits per heavy atom. The fourth-order valence-corrected chi connectivity index (χ4v) is 4.31. The first-order valence-electron chi connectivity index (χ1n) is 10.1. The van der Waals surface area contributed by atoms with Crippen molar-refractivity contribution < 1.29 is 14.0 Å². The summed E-state index contributed by atoms with van der Waals surface area (Å²) in [6.45, 7) is 8.63. The van der Waals surface area contributed by atoms with Crippen LogP contribution in [0.5, 0.6) is 11.5 Å². The quantitative estimate of drug-likeness (QED) is 0.759. The molecule has 1 aromatic heterocycles. The van der Waals surface area contributed by atoms with Gasteiger partial charge in [-0.3, -0.25) is 4.90 Å². The minimum absolute atomic E-state index is 0.307. The highest BCUT2D eigenvalue weighted by Gasteiger charge is 2.32. The SMILES string of the molecule is CCc1noc(CN(Cc2ccc3c(c2)OCO3)C2CCCC(C)C2C)n1. The Balaban J connectivity index is 1.56. The lowest BCUT2D eigenvalue weighted by molar-refractivity contribution is 0.0600. The van der Waals surface area contributed by atoms with Crippen molar-refractivity contribution in [2.45, 2.75) is 65.6 Å². The highest BCUT2D eigenvalue weighted by Crippen LogP contribution is 2.36. The molecule has 0 bridgehead atoms. The number of benzene rings is 1. The number of nitrogens with zero attached hydrogens (tertiary/aromatic N) is 3. The minimum Gasteiger partial charge on any atom is -0.454 e. The summed E-state index contributed by atoms with van der Waals surface area (Å²) in [5, 5.41) is 4.07. The lowest BCUT2D eigenvalue weighted by atomic mass is 9.77. The molecule has 3 unspecified atom stereocenters. The lowest BCUT2D eigenvalue weighted by Gasteiger charge is -2.41. The van der Waals surface area contributed by atoms with Crippen molar-refractivity contribution >= 4 is 0 Å². The van der Waals surface area contributed by atoms with Gasteiger partial charge in [-0.15, -0.1) is 0 Å². The summed E-state index contributed by atoms with van der Waals surface area (Å²) < 4.78 is 16.5. The molecule has 1 aromatic carbocycles. The molecule has 1 fully saturated rings. The van der Waals surface area contributed by atoms with Gasteiger partial charge >= 0.3 is 0 Å². The summed E-state index contributed by atoms with van der Waals surface area (Å²) >= 11 is 0. The van der Waals surface area contributed by atoms with Crippen LogP contribution in [-0.2, 0) is 19.5 Å². The number of aryl methyl sites for hydroxylation is 1. The van der Waals surface area contributed by atoms with Crippen LogP contribution in [0.1, 0.15) is 57.3 Å². The summed E-state index contributed by atoms with van der Waals surface area (Å²) in [6.07, 6.45) is 4.60. The van der Waals surface area contributed by atoms with Crippen molar-refractivity contribution in [1.29, 1.82) is 0 Å². The average Bonchev–Trinajstić information content (AvgIpc) is 3.32. The zero-order valence-electron chi connectivity index (χ0n) is 16.5. The monoisotopic (exact) mass is 371 g/mol. The molecular formula is C21H29N3O3. The molecule has 0 N–H and O–H groups in total. The molecule has 2 aromatic rings. The second kappa shape index (κ2) is 7.89.